The molecule has 0 amide bonds. The standard InChI is InChI=1S/C10H12ClFN2O2S.ClH/c11-7-1-2-9(12)10(5-7)17(15,16)14-4-3-8(13)6-14;/h1-2,5,8H,3-4,6,13H2;1H/t8-;/m1./s1. The van der Waals surface area contributed by atoms with Crippen LogP contribution in [0, 0.1) is 5.82 Å². The van der Waals surface area contributed by atoms with Crippen LogP contribution in [0.2, 0.25) is 5.02 Å². The Balaban J connectivity index is 0.00000162. The molecule has 2 N–H and O–H groups in total. The van der Waals surface area contributed by atoms with Crippen molar-refractivity contribution >= 4 is 34.0 Å². The molecule has 8 heteroatoms. The third kappa shape index (κ3) is 2.95. The summed E-state index contributed by atoms with van der Waals surface area (Å²) in [4.78, 5) is -0.390. The van der Waals surface area contributed by atoms with Crippen LogP contribution in [0.3, 0.4) is 0 Å². The Morgan fingerprint density at radius 2 is 2.11 bits per heavy atom. The molecular weight excluding hydrogens is 302 g/mol. The molecule has 0 bridgehead atoms. The number of nitrogens with two attached hydrogens (primary N) is 1. The number of benzene rings is 1. The molecule has 0 spiro atoms. The number of hydrogen-bond acceptors (Lipinski definition) is 3. The molecule has 18 heavy (non-hydrogen) atoms. The molecular formula is C10H13Cl2FN2O2S. The van der Waals surface area contributed by atoms with E-state index in [0.717, 1.165) is 12.1 Å². The fourth-order valence-electron chi connectivity index (χ4n) is 1.79. The summed E-state index contributed by atoms with van der Waals surface area (Å²) >= 11 is 5.68. The molecule has 1 fully saturated rings. The van der Waals surface area contributed by atoms with E-state index in [1.54, 1.807) is 0 Å². The molecule has 1 atom stereocenters. The summed E-state index contributed by atoms with van der Waals surface area (Å²) in [6.07, 6.45) is 0.585. The zero-order valence-corrected chi connectivity index (χ0v) is 11.7. The van der Waals surface area contributed by atoms with E-state index < -0.39 is 15.8 Å². The molecule has 1 heterocycles. The fourth-order valence-corrected chi connectivity index (χ4v) is 3.63. The molecule has 0 unspecified atom stereocenters. The van der Waals surface area contributed by atoms with Crippen LogP contribution >= 0.6 is 24.0 Å². The van der Waals surface area contributed by atoms with Crippen molar-refractivity contribution in [2.24, 2.45) is 5.73 Å². The van der Waals surface area contributed by atoms with Gasteiger partial charge in [0, 0.05) is 24.2 Å². The molecule has 0 aromatic heterocycles. The predicted molar refractivity (Wildman–Crippen MR) is 70.0 cm³/mol. The number of halogens is 3. The second-order valence-corrected chi connectivity index (χ2v) is 6.33. The van der Waals surface area contributed by atoms with Gasteiger partial charge in [0.05, 0.1) is 0 Å². The molecule has 1 aliphatic heterocycles. The minimum Gasteiger partial charge on any atom is -0.326 e. The van der Waals surface area contributed by atoms with Gasteiger partial charge >= 0.3 is 0 Å². The number of sulfonamides is 1. The summed E-state index contributed by atoms with van der Waals surface area (Å²) in [6, 6.07) is 3.29. The smallest absolute Gasteiger partial charge is 0.246 e. The fraction of sp³-hybridized carbons (Fsp3) is 0.400. The van der Waals surface area contributed by atoms with Crippen molar-refractivity contribution in [3.8, 4) is 0 Å². The van der Waals surface area contributed by atoms with E-state index in [9.17, 15) is 12.8 Å². The van der Waals surface area contributed by atoms with Gasteiger partial charge in [-0.1, -0.05) is 11.6 Å². The molecule has 4 nitrogen and oxygen atoms in total. The zero-order valence-electron chi connectivity index (χ0n) is 9.34. The monoisotopic (exact) mass is 314 g/mol. The maximum absolute atomic E-state index is 13.5. The topological polar surface area (TPSA) is 63.4 Å². The highest BCUT2D eigenvalue weighted by molar-refractivity contribution is 7.89. The van der Waals surface area contributed by atoms with Crippen molar-refractivity contribution in [3.05, 3.63) is 29.0 Å². The van der Waals surface area contributed by atoms with E-state index in [-0.39, 0.29) is 34.9 Å². The summed E-state index contributed by atoms with van der Waals surface area (Å²) < 4.78 is 39.0. The summed E-state index contributed by atoms with van der Waals surface area (Å²) in [6.45, 7) is 0.531. The van der Waals surface area contributed by atoms with E-state index in [2.05, 4.69) is 0 Å². The van der Waals surface area contributed by atoms with Gasteiger partial charge in [-0.25, -0.2) is 12.8 Å². The average Bonchev–Trinajstić information content (AvgIpc) is 2.69. The molecule has 1 saturated heterocycles. The van der Waals surface area contributed by atoms with Crippen LogP contribution in [0.25, 0.3) is 0 Å². The van der Waals surface area contributed by atoms with Crippen LogP contribution in [0.15, 0.2) is 23.1 Å². The van der Waals surface area contributed by atoms with Crippen LogP contribution in [-0.2, 0) is 10.0 Å². The average molecular weight is 315 g/mol. The third-order valence-corrected chi connectivity index (χ3v) is 4.81. The summed E-state index contributed by atoms with van der Waals surface area (Å²) in [5.74, 6) is -0.796. The van der Waals surface area contributed by atoms with Gasteiger partial charge in [-0.3, -0.25) is 0 Å². The lowest BCUT2D eigenvalue weighted by molar-refractivity contribution is 0.465. The molecule has 0 radical (unpaired) electrons. The Morgan fingerprint density at radius 1 is 1.44 bits per heavy atom. The second-order valence-electron chi connectivity index (χ2n) is 3.99. The minimum absolute atomic E-state index is 0. The van der Waals surface area contributed by atoms with Gasteiger partial charge in [0.25, 0.3) is 0 Å². The van der Waals surface area contributed by atoms with Crippen molar-refractivity contribution in [1.29, 1.82) is 0 Å². The Kier molecular flexibility index (Phi) is 4.97. The summed E-state index contributed by atoms with van der Waals surface area (Å²) in [7, 11) is -3.83. The van der Waals surface area contributed by atoms with Crippen molar-refractivity contribution < 1.29 is 12.8 Å². The first-order valence-corrected chi connectivity index (χ1v) is 6.94. The van der Waals surface area contributed by atoms with Crippen molar-refractivity contribution in [3.63, 3.8) is 0 Å². The SMILES string of the molecule is Cl.N[C@@H]1CCN(S(=O)(=O)c2cc(Cl)ccc2F)C1. The molecule has 0 aliphatic carbocycles. The first-order valence-electron chi connectivity index (χ1n) is 5.12. The molecule has 1 aromatic carbocycles. The van der Waals surface area contributed by atoms with Gasteiger partial charge in [-0.05, 0) is 24.6 Å². The normalized spacial score (nSPS) is 20.7. The van der Waals surface area contributed by atoms with Gasteiger partial charge in [-0.15, -0.1) is 12.4 Å². The van der Waals surface area contributed by atoms with Gasteiger partial charge in [0.15, 0.2) is 0 Å². The van der Waals surface area contributed by atoms with Gasteiger partial charge in [-0.2, -0.15) is 4.31 Å². The maximum Gasteiger partial charge on any atom is 0.246 e. The number of rotatable bonds is 2. The quantitative estimate of drug-likeness (QED) is 0.902. The highest BCUT2D eigenvalue weighted by atomic mass is 35.5. The van der Waals surface area contributed by atoms with Crippen LogP contribution in [0.1, 0.15) is 6.42 Å². The molecule has 2 rings (SSSR count). The van der Waals surface area contributed by atoms with E-state index in [4.69, 9.17) is 17.3 Å². The van der Waals surface area contributed by atoms with Crippen LogP contribution in [-0.4, -0.2) is 31.9 Å². The summed E-state index contributed by atoms with van der Waals surface area (Å²) in [5, 5.41) is 0.188. The highest BCUT2D eigenvalue weighted by Crippen LogP contribution is 2.25. The van der Waals surface area contributed by atoms with Crippen molar-refractivity contribution in [2.45, 2.75) is 17.4 Å². The predicted octanol–water partition coefficient (Wildman–Crippen LogP) is 1.62. The van der Waals surface area contributed by atoms with Crippen LogP contribution in [0.4, 0.5) is 4.39 Å². The van der Waals surface area contributed by atoms with E-state index >= 15 is 0 Å². The molecule has 1 aliphatic rings. The first-order chi connectivity index (χ1) is 7.91. The number of nitrogens with zero attached hydrogens (tertiary/aromatic N) is 1. The molecule has 0 saturated carbocycles. The third-order valence-electron chi connectivity index (χ3n) is 2.70. The van der Waals surface area contributed by atoms with E-state index in [0.29, 0.717) is 13.0 Å². The van der Waals surface area contributed by atoms with Crippen LogP contribution < -0.4 is 5.73 Å². The summed E-state index contributed by atoms with van der Waals surface area (Å²) in [5.41, 5.74) is 5.64. The Morgan fingerprint density at radius 3 is 2.67 bits per heavy atom. The maximum atomic E-state index is 13.5. The largest absolute Gasteiger partial charge is 0.326 e. The Bertz CT molecular complexity index is 539. The lowest BCUT2D eigenvalue weighted by atomic mass is 10.3. The van der Waals surface area contributed by atoms with Gasteiger partial charge in [0.2, 0.25) is 10.0 Å². The van der Waals surface area contributed by atoms with Gasteiger partial charge in [0.1, 0.15) is 10.7 Å². The zero-order chi connectivity index (χ0) is 12.6. The lowest BCUT2D eigenvalue weighted by Gasteiger charge is -2.16. The van der Waals surface area contributed by atoms with E-state index in [1.807, 2.05) is 0 Å². The van der Waals surface area contributed by atoms with Crippen molar-refractivity contribution in [2.75, 3.05) is 13.1 Å². The molecule has 1 aromatic rings. The first kappa shape index (κ1) is 15.7. The van der Waals surface area contributed by atoms with E-state index in [1.165, 1.54) is 10.4 Å². The van der Waals surface area contributed by atoms with Crippen molar-refractivity contribution in [1.82, 2.24) is 4.31 Å². The Labute approximate surface area is 116 Å². The highest BCUT2D eigenvalue weighted by Gasteiger charge is 2.32. The molecule has 102 valence electrons. The van der Waals surface area contributed by atoms with Crippen LogP contribution in [0.5, 0.6) is 0 Å². The minimum atomic E-state index is -3.83. The Hall–Kier alpha value is -0.400. The van der Waals surface area contributed by atoms with Gasteiger partial charge < -0.3 is 5.73 Å². The lowest BCUT2D eigenvalue weighted by Crippen LogP contribution is -2.32. The second kappa shape index (κ2) is 5.71. The number of hydrogen-bond donors (Lipinski definition) is 1.